The molecule has 39 heavy (non-hydrogen) atoms. The summed E-state index contributed by atoms with van der Waals surface area (Å²) in [6, 6.07) is 24.1. The highest BCUT2D eigenvalue weighted by molar-refractivity contribution is 6.72. The highest BCUT2D eigenvalue weighted by Gasteiger charge is 2.49. The minimum absolute atomic E-state index is 0.00653. The van der Waals surface area contributed by atoms with Crippen LogP contribution in [-0.2, 0) is 4.79 Å². The molecule has 1 aliphatic rings. The van der Waals surface area contributed by atoms with Crippen LogP contribution in [-0.4, -0.2) is 31.1 Å². The summed E-state index contributed by atoms with van der Waals surface area (Å²) in [5.74, 6) is 0.748. The predicted molar refractivity (Wildman–Crippen MR) is 157 cm³/mol. The Morgan fingerprint density at radius 2 is 1.64 bits per heavy atom. The van der Waals surface area contributed by atoms with Gasteiger partial charge in [0.15, 0.2) is 8.32 Å². The van der Waals surface area contributed by atoms with E-state index in [-0.39, 0.29) is 34.5 Å². The number of nitro benzene ring substituents is 1. The number of hydrogen-bond donors (Lipinski definition) is 1. The molecule has 1 aliphatic heterocycles. The van der Waals surface area contributed by atoms with Crippen LogP contribution in [0.25, 0.3) is 0 Å². The smallest absolute Gasteiger partial charge is 0.269 e. The lowest BCUT2D eigenvalue weighted by Crippen LogP contribution is -2.55. The third-order valence-electron chi connectivity index (χ3n) is 8.52. The van der Waals surface area contributed by atoms with Crippen LogP contribution in [0.3, 0.4) is 0 Å². The number of ether oxygens (including phenoxy) is 1. The summed E-state index contributed by atoms with van der Waals surface area (Å²) in [5, 5.41) is 11.0. The Bertz CT molecular complexity index is 1290. The maximum Gasteiger partial charge on any atom is 0.269 e. The van der Waals surface area contributed by atoms with Crippen molar-refractivity contribution in [2.24, 2.45) is 5.92 Å². The van der Waals surface area contributed by atoms with E-state index in [1.807, 2.05) is 55.6 Å². The second kappa shape index (κ2) is 11.3. The highest BCUT2D eigenvalue weighted by Crippen LogP contribution is 2.49. The monoisotopic (exact) mass is 546 g/mol. The van der Waals surface area contributed by atoms with Crippen molar-refractivity contribution in [2.45, 2.75) is 63.2 Å². The Balaban J connectivity index is 1.62. The van der Waals surface area contributed by atoms with E-state index in [1.165, 1.54) is 17.7 Å². The molecule has 3 aromatic rings. The van der Waals surface area contributed by atoms with E-state index in [0.717, 1.165) is 24.2 Å². The first-order chi connectivity index (χ1) is 18.4. The van der Waals surface area contributed by atoms with Crippen molar-refractivity contribution in [2.75, 3.05) is 12.0 Å². The number of carbonyl (C=O) groups is 1. The molecule has 0 radical (unpaired) electrons. The van der Waals surface area contributed by atoms with Crippen LogP contribution in [0.2, 0.25) is 18.1 Å². The number of nitro groups is 1. The molecule has 0 spiro atoms. The molecule has 206 valence electrons. The molecule has 0 saturated carbocycles. The Labute approximate surface area is 231 Å². The Kier molecular flexibility index (Phi) is 8.27. The Hall–Kier alpha value is -3.49. The van der Waals surface area contributed by atoms with Crippen LogP contribution in [0, 0.1) is 16.0 Å². The molecule has 0 aromatic heterocycles. The first kappa shape index (κ1) is 28.5. The summed E-state index contributed by atoms with van der Waals surface area (Å²) < 4.78 is 5.34. The summed E-state index contributed by atoms with van der Waals surface area (Å²) in [5.41, 5.74) is 2.87. The standard InChI is InChI=1S/C31H38N2O5Si/c1-31(2,39(4,5)37)21-24(22-9-7-6-8-10-22)13-20-28-29(23-11-18-27(38-3)19-12-23)32(30(28)34)25-14-16-26(17-15-25)33(35)36/h6-12,14-19,24,28-29,37H,13,20-21H2,1-5H3/t24-,28?,29?/m1/s1. The number of benzene rings is 3. The first-order valence-electron chi connectivity index (χ1n) is 13.4. The summed E-state index contributed by atoms with van der Waals surface area (Å²) in [6.07, 6.45) is 2.35. The molecule has 8 heteroatoms. The molecule has 3 atom stereocenters. The van der Waals surface area contributed by atoms with Crippen molar-refractivity contribution < 1.29 is 19.3 Å². The van der Waals surface area contributed by atoms with E-state index in [4.69, 9.17) is 4.74 Å². The van der Waals surface area contributed by atoms with E-state index in [0.29, 0.717) is 12.1 Å². The zero-order valence-corrected chi connectivity index (χ0v) is 24.3. The van der Waals surface area contributed by atoms with Gasteiger partial charge in [0.2, 0.25) is 5.91 Å². The van der Waals surface area contributed by atoms with Crippen molar-refractivity contribution in [3.8, 4) is 5.75 Å². The molecular formula is C31H38N2O5Si. The molecule has 1 heterocycles. The number of carbonyl (C=O) groups excluding carboxylic acids is 1. The van der Waals surface area contributed by atoms with Crippen LogP contribution < -0.4 is 9.64 Å². The van der Waals surface area contributed by atoms with Crippen molar-refractivity contribution in [3.63, 3.8) is 0 Å². The van der Waals surface area contributed by atoms with Crippen LogP contribution in [0.5, 0.6) is 5.75 Å². The maximum atomic E-state index is 13.6. The van der Waals surface area contributed by atoms with E-state index >= 15 is 0 Å². The minimum atomic E-state index is -2.42. The maximum absolute atomic E-state index is 13.6. The van der Waals surface area contributed by atoms with Gasteiger partial charge < -0.3 is 14.4 Å². The second-order valence-corrected chi connectivity index (χ2v) is 16.1. The zero-order valence-electron chi connectivity index (χ0n) is 23.3. The number of methoxy groups -OCH3 is 1. The average molecular weight is 547 g/mol. The quantitative estimate of drug-likeness (QED) is 0.118. The topological polar surface area (TPSA) is 92.9 Å². The fraction of sp³-hybridized carbons (Fsp3) is 0.387. The van der Waals surface area contributed by atoms with Crippen molar-refractivity contribution in [3.05, 3.63) is 100 Å². The van der Waals surface area contributed by atoms with Gasteiger partial charge in [0.1, 0.15) is 5.75 Å². The van der Waals surface area contributed by atoms with E-state index in [2.05, 4.69) is 26.0 Å². The average Bonchev–Trinajstić information content (AvgIpc) is 2.91. The lowest BCUT2D eigenvalue weighted by Gasteiger charge is -2.48. The summed E-state index contributed by atoms with van der Waals surface area (Å²) >= 11 is 0. The van der Waals surface area contributed by atoms with Gasteiger partial charge in [-0.25, -0.2) is 0 Å². The van der Waals surface area contributed by atoms with Gasteiger partial charge in [0.25, 0.3) is 5.69 Å². The lowest BCUT2D eigenvalue weighted by atomic mass is 9.76. The van der Waals surface area contributed by atoms with Crippen molar-refractivity contribution in [1.29, 1.82) is 0 Å². The second-order valence-electron chi connectivity index (χ2n) is 11.6. The fourth-order valence-corrected chi connectivity index (χ4v) is 6.14. The summed E-state index contributed by atoms with van der Waals surface area (Å²) in [4.78, 5) is 37.1. The van der Waals surface area contributed by atoms with Gasteiger partial charge in [-0.3, -0.25) is 14.9 Å². The molecule has 0 bridgehead atoms. The molecular weight excluding hydrogens is 508 g/mol. The largest absolute Gasteiger partial charge is 0.497 e. The number of β-lactam (4-membered cyclic amide) rings is 1. The molecule has 1 N–H and O–H groups in total. The van der Waals surface area contributed by atoms with Crippen molar-refractivity contribution >= 4 is 25.6 Å². The van der Waals surface area contributed by atoms with E-state index in [1.54, 1.807) is 24.1 Å². The normalized spacial score (nSPS) is 18.4. The van der Waals surface area contributed by atoms with Gasteiger partial charge in [0, 0.05) is 17.8 Å². The fourth-order valence-electron chi connectivity index (χ4n) is 5.39. The van der Waals surface area contributed by atoms with E-state index < -0.39 is 13.2 Å². The number of rotatable bonds is 11. The van der Waals surface area contributed by atoms with Gasteiger partial charge in [-0.05, 0) is 78.7 Å². The zero-order chi connectivity index (χ0) is 28.4. The van der Waals surface area contributed by atoms with Gasteiger partial charge in [-0.15, -0.1) is 0 Å². The number of amides is 1. The lowest BCUT2D eigenvalue weighted by molar-refractivity contribution is -0.384. The molecule has 4 rings (SSSR count). The highest BCUT2D eigenvalue weighted by atomic mass is 28.4. The predicted octanol–water partition coefficient (Wildman–Crippen LogP) is 7.24. The molecule has 1 fully saturated rings. The van der Waals surface area contributed by atoms with Gasteiger partial charge in [0.05, 0.1) is 24.0 Å². The Morgan fingerprint density at radius 3 is 2.18 bits per heavy atom. The van der Waals surface area contributed by atoms with Gasteiger partial charge >= 0.3 is 0 Å². The number of non-ortho nitro benzene ring substituents is 1. The molecule has 1 saturated heterocycles. The Morgan fingerprint density at radius 1 is 1.03 bits per heavy atom. The third kappa shape index (κ3) is 6.07. The number of anilines is 1. The summed E-state index contributed by atoms with van der Waals surface area (Å²) in [6.45, 7) is 8.29. The van der Waals surface area contributed by atoms with Crippen LogP contribution in [0.4, 0.5) is 11.4 Å². The van der Waals surface area contributed by atoms with Crippen LogP contribution in [0.1, 0.15) is 56.2 Å². The molecule has 1 amide bonds. The SMILES string of the molecule is COc1ccc(C2C(CC[C@H](CC(C)(C)[Si](C)(C)O)c3ccccc3)C(=O)N2c2ccc([N+](=O)[O-])cc2)cc1. The van der Waals surface area contributed by atoms with Gasteiger partial charge in [-0.2, -0.15) is 0 Å². The number of nitrogens with zero attached hydrogens (tertiary/aromatic N) is 2. The summed E-state index contributed by atoms with van der Waals surface area (Å²) in [7, 11) is -0.802. The molecule has 0 aliphatic carbocycles. The molecule has 3 aromatic carbocycles. The third-order valence-corrected chi connectivity index (χ3v) is 12.0. The number of hydrogen-bond acceptors (Lipinski definition) is 5. The van der Waals surface area contributed by atoms with Crippen molar-refractivity contribution in [1.82, 2.24) is 0 Å². The molecule has 2 unspecified atom stereocenters. The minimum Gasteiger partial charge on any atom is -0.497 e. The van der Waals surface area contributed by atoms with Gasteiger partial charge in [-0.1, -0.05) is 56.3 Å². The van der Waals surface area contributed by atoms with Crippen LogP contribution in [0.15, 0.2) is 78.9 Å². The van der Waals surface area contributed by atoms with E-state index in [9.17, 15) is 19.7 Å². The first-order valence-corrected chi connectivity index (χ1v) is 16.4. The molecule has 7 nitrogen and oxygen atoms in total. The van der Waals surface area contributed by atoms with Crippen LogP contribution >= 0.6 is 0 Å².